The Morgan fingerprint density at radius 2 is 1.14 bits per heavy atom. The van der Waals surface area contributed by atoms with Gasteiger partial charge in [-0.3, -0.25) is 0 Å². The number of hydrogen-bond donors (Lipinski definition) is 0. The maximum atomic E-state index is 2.50. The number of fused-ring (bicyclic) bond motifs is 6. The lowest BCUT2D eigenvalue weighted by atomic mass is 9.33. The first kappa shape index (κ1) is 24.8. The second-order valence-electron chi connectivity index (χ2n) is 11.6. The van der Waals surface area contributed by atoms with E-state index in [2.05, 4.69) is 164 Å². The van der Waals surface area contributed by atoms with Crippen molar-refractivity contribution in [3.05, 3.63) is 150 Å². The van der Waals surface area contributed by atoms with E-state index in [0.717, 1.165) is 0 Å². The van der Waals surface area contributed by atoms with Gasteiger partial charge in [0, 0.05) is 27.8 Å². The summed E-state index contributed by atoms with van der Waals surface area (Å²) in [7, 11) is 0. The van der Waals surface area contributed by atoms with Crippen molar-refractivity contribution in [2.24, 2.45) is 0 Å². The van der Waals surface area contributed by atoms with Gasteiger partial charge in [-0.25, -0.2) is 0 Å². The van der Waals surface area contributed by atoms with Crippen LogP contribution in [0, 0.1) is 20.8 Å². The van der Waals surface area contributed by atoms with Crippen LogP contribution in [0.1, 0.15) is 16.7 Å². The average molecular weight is 539 g/mol. The predicted molar refractivity (Wildman–Crippen MR) is 181 cm³/mol. The Bertz CT molecular complexity index is 2100. The van der Waals surface area contributed by atoms with E-state index < -0.39 is 0 Å². The first-order chi connectivity index (χ1) is 20.6. The minimum atomic E-state index is 0.125. The number of aromatic nitrogens is 1. The Kier molecular flexibility index (Phi) is 5.62. The van der Waals surface area contributed by atoms with E-state index in [0.29, 0.717) is 0 Å². The number of para-hydroxylation sites is 4. The molecule has 8 rings (SSSR count). The van der Waals surface area contributed by atoms with Gasteiger partial charge in [-0.15, -0.1) is 0 Å². The summed E-state index contributed by atoms with van der Waals surface area (Å²) in [4.78, 5) is 2.50. The number of benzene rings is 6. The van der Waals surface area contributed by atoms with Crippen LogP contribution in [0.15, 0.2) is 133 Å². The standard InChI is InChI=1S/C39H31BN2/c1-26-24-27(2)38(28(3)25-26)40-32-19-11-13-21-35(32)42(30-16-8-5-9-17-30)39-33(40)22-23-36-37(39)31-18-10-12-20-34(31)41(36)29-14-6-4-7-15-29/h4-25H,1-3H3. The molecule has 0 saturated heterocycles. The van der Waals surface area contributed by atoms with E-state index in [1.54, 1.807) is 0 Å². The molecular weight excluding hydrogens is 507 g/mol. The van der Waals surface area contributed by atoms with Gasteiger partial charge in [-0.2, -0.15) is 0 Å². The molecule has 6 aromatic carbocycles. The Labute approximate surface area is 247 Å². The average Bonchev–Trinajstić information content (AvgIpc) is 3.36. The fourth-order valence-electron chi connectivity index (χ4n) is 7.41. The van der Waals surface area contributed by atoms with Gasteiger partial charge in [0.05, 0.1) is 16.7 Å². The van der Waals surface area contributed by atoms with Crippen LogP contribution in [-0.4, -0.2) is 11.3 Å². The van der Waals surface area contributed by atoms with E-state index in [9.17, 15) is 0 Å². The second kappa shape index (κ2) is 9.53. The molecule has 42 heavy (non-hydrogen) atoms. The Morgan fingerprint density at radius 3 is 1.88 bits per heavy atom. The number of hydrogen-bond acceptors (Lipinski definition) is 1. The summed E-state index contributed by atoms with van der Waals surface area (Å²) in [5.41, 5.74) is 15.4. The highest BCUT2D eigenvalue weighted by molar-refractivity contribution is 6.98. The van der Waals surface area contributed by atoms with Gasteiger partial charge in [0.2, 0.25) is 6.71 Å². The van der Waals surface area contributed by atoms with E-state index in [1.165, 1.54) is 77.6 Å². The molecule has 0 fully saturated rings. The Morgan fingerprint density at radius 1 is 0.524 bits per heavy atom. The summed E-state index contributed by atoms with van der Waals surface area (Å²) in [5, 5.41) is 2.56. The molecule has 0 aliphatic carbocycles. The third kappa shape index (κ3) is 3.60. The molecule has 1 aromatic heterocycles. The highest BCUT2D eigenvalue weighted by Gasteiger charge is 2.38. The molecule has 0 N–H and O–H groups in total. The minimum Gasteiger partial charge on any atom is -0.311 e. The van der Waals surface area contributed by atoms with Crippen molar-refractivity contribution in [3.8, 4) is 5.69 Å². The van der Waals surface area contributed by atoms with Gasteiger partial charge in [0.15, 0.2) is 0 Å². The lowest BCUT2D eigenvalue weighted by Gasteiger charge is -2.38. The summed E-state index contributed by atoms with van der Waals surface area (Å²) in [6, 6.07) is 48.9. The largest absolute Gasteiger partial charge is 0.311 e. The molecular formula is C39H31BN2. The zero-order chi connectivity index (χ0) is 28.4. The molecule has 0 saturated carbocycles. The second-order valence-corrected chi connectivity index (χ2v) is 11.6. The quantitative estimate of drug-likeness (QED) is 0.207. The first-order valence-electron chi connectivity index (χ1n) is 14.7. The molecule has 200 valence electrons. The van der Waals surface area contributed by atoms with Gasteiger partial charge in [-0.1, -0.05) is 113 Å². The van der Waals surface area contributed by atoms with Crippen LogP contribution in [0.3, 0.4) is 0 Å². The molecule has 1 aliphatic heterocycles. The minimum absolute atomic E-state index is 0.125. The summed E-state index contributed by atoms with van der Waals surface area (Å²) >= 11 is 0. The van der Waals surface area contributed by atoms with Crippen molar-refractivity contribution in [2.45, 2.75) is 20.8 Å². The lowest BCUT2D eigenvalue weighted by Crippen LogP contribution is -2.58. The maximum Gasteiger partial charge on any atom is 0.247 e. The Hall–Kier alpha value is -5.02. The summed E-state index contributed by atoms with van der Waals surface area (Å²) in [6.45, 7) is 6.88. The van der Waals surface area contributed by atoms with E-state index >= 15 is 0 Å². The van der Waals surface area contributed by atoms with Crippen LogP contribution in [-0.2, 0) is 0 Å². The van der Waals surface area contributed by atoms with Crippen molar-refractivity contribution < 1.29 is 0 Å². The fourth-order valence-corrected chi connectivity index (χ4v) is 7.41. The van der Waals surface area contributed by atoms with Gasteiger partial charge in [-0.05, 0) is 74.2 Å². The molecule has 1 aliphatic rings. The zero-order valence-electron chi connectivity index (χ0n) is 24.2. The zero-order valence-corrected chi connectivity index (χ0v) is 24.2. The van der Waals surface area contributed by atoms with Crippen LogP contribution < -0.4 is 21.3 Å². The van der Waals surface area contributed by atoms with Crippen molar-refractivity contribution in [1.29, 1.82) is 0 Å². The molecule has 2 nitrogen and oxygen atoms in total. The topological polar surface area (TPSA) is 8.17 Å². The smallest absolute Gasteiger partial charge is 0.247 e. The number of anilines is 3. The van der Waals surface area contributed by atoms with E-state index in [1.807, 2.05) is 0 Å². The normalized spacial score (nSPS) is 12.5. The predicted octanol–water partition coefficient (Wildman–Crippen LogP) is 8.01. The molecule has 0 unspecified atom stereocenters. The van der Waals surface area contributed by atoms with Crippen molar-refractivity contribution in [3.63, 3.8) is 0 Å². The van der Waals surface area contributed by atoms with Crippen LogP contribution in [0.5, 0.6) is 0 Å². The van der Waals surface area contributed by atoms with Crippen molar-refractivity contribution in [1.82, 2.24) is 4.57 Å². The molecule has 0 spiro atoms. The third-order valence-corrected chi connectivity index (χ3v) is 8.92. The van der Waals surface area contributed by atoms with Crippen LogP contribution in [0.2, 0.25) is 0 Å². The molecule has 2 heterocycles. The molecule has 0 radical (unpaired) electrons. The number of aryl methyl sites for hydroxylation is 3. The molecule has 0 amide bonds. The fraction of sp³-hybridized carbons (Fsp3) is 0.0769. The summed E-state index contributed by atoms with van der Waals surface area (Å²) < 4.78 is 2.42. The highest BCUT2D eigenvalue weighted by atomic mass is 15.2. The van der Waals surface area contributed by atoms with Crippen LogP contribution >= 0.6 is 0 Å². The highest BCUT2D eigenvalue weighted by Crippen LogP contribution is 2.44. The first-order valence-corrected chi connectivity index (χ1v) is 14.7. The van der Waals surface area contributed by atoms with Gasteiger partial charge in [0.1, 0.15) is 0 Å². The van der Waals surface area contributed by atoms with Crippen molar-refractivity contribution in [2.75, 3.05) is 4.90 Å². The van der Waals surface area contributed by atoms with Crippen LogP contribution in [0.4, 0.5) is 17.1 Å². The summed E-state index contributed by atoms with van der Waals surface area (Å²) in [5.74, 6) is 0. The molecule has 3 heteroatoms. The molecule has 0 atom stereocenters. The Balaban J connectivity index is 1.56. The summed E-state index contributed by atoms with van der Waals surface area (Å²) in [6.07, 6.45) is 0. The molecule has 7 aromatic rings. The van der Waals surface area contributed by atoms with E-state index in [4.69, 9.17) is 0 Å². The lowest BCUT2D eigenvalue weighted by molar-refractivity contribution is 1.18. The third-order valence-electron chi connectivity index (χ3n) is 8.92. The number of rotatable bonds is 3. The van der Waals surface area contributed by atoms with Gasteiger partial charge >= 0.3 is 0 Å². The van der Waals surface area contributed by atoms with Crippen LogP contribution in [0.25, 0.3) is 27.5 Å². The number of nitrogens with zero attached hydrogens (tertiary/aromatic N) is 2. The van der Waals surface area contributed by atoms with Crippen molar-refractivity contribution >= 4 is 62.0 Å². The monoisotopic (exact) mass is 538 g/mol. The van der Waals surface area contributed by atoms with Gasteiger partial charge < -0.3 is 9.47 Å². The SMILES string of the molecule is Cc1cc(C)c(B2c3ccccc3N(c3ccccc3)c3c2ccc2c3c3ccccc3n2-c2ccccc2)c(C)c1. The maximum absolute atomic E-state index is 2.50. The van der Waals surface area contributed by atoms with E-state index in [-0.39, 0.29) is 6.71 Å². The molecule has 0 bridgehead atoms. The van der Waals surface area contributed by atoms with Gasteiger partial charge in [0.25, 0.3) is 0 Å².